The van der Waals surface area contributed by atoms with Crippen molar-refractivity contribution >= 4 is 11.6 Å². The minimum atomic E-state index is -0.425. The second-order valence-electron chi connectivity index (χ2n) is 7.77. The molecule has 0 unspecified atom stereocenters. The lowest BCUT2D eigenvalue weighted by Gasteiger charge is -2.29. The molecule has 30 heavy (non-hydrogen) atoms. The third-order valence-corrected chi connectivity index (χ3v) is 5.94. The van der Waals surface area contributed by atoms with Crippen molar-refractivity contribution in [3.05, 3.63) is 70.8 Å². The summed E-state index contributed by atoms with van der Waals surface area (Å²) >= 11 is 0. The van der Waals surface area contributed by atoms with Crippen molar-refractivity contribution < 1.29 is 9.53 Å². The van der Waals surface area contributed by atoms with Gasteiger partial charge >= 0.3 is 0 Å². The van der Waals surface area contributed by atoms with Gasteiger partial charge in [-0.25, -0.2) is 4.98 Å². The predicted molar refractivity (Wildman–Crippen MR) is 117 cm³/mol. The molecular formula is C24H24N4O2. The Morgan fingerprint density at radius 3 is 2.70 bits per heavy atom. The van der Waals surface area contributed by atoms with Crippen LogP contribution in [0.25, 0.3) is 22.5 Å². The summed E-state index contributed by atoms with van der Waals surface area (Å²) in [5.74, 6) is -0.425. The Morgan fingerprint density at radius 2 is 1.93 bits per heavy atom. The van der Waals surface area contributed by atoms with Crippen LogP contribution in [0.3, 0.4) is 0 Å². The van der Waals surface area contributed by atoms with Gasteiger partial charge in [0.25, 0.3) is 0 Å². The van der Waals surface area contributed by atoms with E-state index in [-0.39, 0.29) is 0 Å². The smallest absolute Gasteiger partial charge is 0.249 e. The van der Waals surface area contributed by atoms with Crippen LogP contribution in [0, 0.1) is 0 Å². The Kier molecular flexibility index (Phi) is 4.73. The second kappa shape index (κ2) is 7.55. The standard InChI is InChI=1S/C24H24N4O2/c25-14-15-2-1-3-16(10-15)22-13-21(24(26)29)20-12-17-11-18(28-6-8-30-9-7-28)4-5-19(17)23(20)27-22/h1-5,10-11,13H,6-9,12,14,25H2,(H2,26,29). The first-order valence-corrected chi connectivity index (χ1v) is 10.2. The van der Waals surface area contributed by atoms with Gasteiger partial charge in [-0.3, -0.25) is 4.79 Å². The first kappa shape index (κ1) is 18.8. The number of benzene rings is 2. The van der Waals surface area contributed by atoms with E-state index in [1.807, 2.05) is 30.3 Å². The number of morpholine rings is 1. The number of carbonyl (C=O) groups is 1. The van der Waals surface area contributed by atoms with E-state index >= 15 is 0 Å². The van der Waals surface area contributed by atoms with Crippen LogP contribution in [-0.2, 0) is 17.7 Å². The molecule has 1 amide bonds. The highest BCUT2D eigenvalue weighted by Gasteiger charge is 2.27. The van der Waals surface area contributed by atoms with E-state index in [0.717, 1.165) is 59.9 Å². The van der Waals surface area contributed by atoms with Crippen LogP contribution >= 0.6 is 0 Å². The molecule has 0 atom stereocenters. The molecule has 3 aromatic rings. The minimum absolute atomic E-state index is 0.425. The summed E-state index contributed by atoms with van der Waals surface area (Å²) in [6.45, 7) is 3.72. The molecule has 6 heteroatoms. The Bertz CT molecular complexity index is 1140. The Labute approximate surface area is 175 Å². The predicted octanol–water partition coefficient (Wildman–Crippen LogP) is 2.71. The molecule has 5 rings (SSSR count). The van der Waals surface area contributed by atoms with Gasteiger partial charge in [-0.2, -0.15) is 0 Å². The van der Waals surface area contributed by atoms with Crippen LogP contribution in [0.4, 0.5) is 5.69 Å². The van der Waals surface area contributed by atoms with Gasteiger partial charge in [0.1, 0.15) is 0 Å². The summed E-state index contributed by atoms with van der Waals surface area (Å²) in [7, 11) is 0. The summed E-state index contributed by atoms with van der Waals surface area (Å²) in [5.41, 5.74) is 20.0. The van der Waals surface area contributed by atoms with E-state index in [1.54, 1.807) is 0 Å². The number of hydrogen-bond donors (Lipinski definition) is 2. The van der Waals surface area contributed by atoms with Gasteiger partial charge in [0.2, 0.25) is 5.91 Å². The van der Waals surface area contributed by atoms with Crippen LogP contribution in [-0.4, -0.2) is 37.2 Å². The first-order valence-electron chi connectivity index (χ1n) is 10.2. The van der Waals surface area contributed by atoms with E-state index in [9.17, 15) is 4.79 Å². The van der Waals surface area contributed by atoms with Gasteiger partial charge in [0, 0.05) is 48.4 Å². The summed E-state index contributed by atoms with van der Waals surface area (Å²) in [4.78, 5) is 19.6. The molecule has 1 aliphatic heterocycles. The molecule has 0 radical (unpaired) electrons. The average molecular weight is 400 g/mol. The first-order chi connectivity index (χ1) is 14.6. The number of amides is 1. The fourth-order valence-corrected chi connectivity index (χ4v) is 4.36. The molecule has 0 spiro atoms. The summed E-state index contributed by atoms with van der Waals surface area (Å²) in [6.07, 6.45) is 0.664. The third kappa shape index (κ3) is 3.24. The maximum Gasteiger partial charge on any atom is 0.249 e. The summed E-state index contributed by atoms with van der Waals surface area (Å²) in [5, 5.41) is 0. The van der Waals surface area contributed by atoms with Gasteiger partial charge in [-0.15, -0.1) is 0 Å². The van der Waals surface area contributed by atoms with Gasteiger partial charge in [0.05, 0.1) is 24.6 Å². The van der Waals surface area contributed by atoms with Gasteiger partial charge < -0.3 is 21.1 Å². The minimum Gasteiger partial charge on any atom is -0.378 e. The molecule has 2 heterocycles. The molecule has 2 aliphatic rings. The third-order valence-electron chi connectivity index (χ3n) is 5.94. The van der Waals surface area contributed by atoms with E-state index in [0.29, 0.717) is 18.5 Å². The zero-order valence-corrected chi connectivity index (χ0v) is 16.7. The molecule has 4 N–H and O–H groups in total. The van der Waals surface area contributed by atoms with Crippen molar-refractivity contribution in [2.24, 2.45) is 11.5 Å². The van der Waals surface area contributed by atoms with E-state index in [4.69, 9.17) is 21.2 Å². The van der Waals surface area contributed by atoms with Crippen molar-refractivity contribution in [2.45, 2.75) is 13.0 Å². The lowest BCUT2D eigenvalue weighted by Crippen LogP contribution is -2.36. The van der Waals surface area contributed by atoms with Crippen LogP contribution in [0.1, 0.15) is 27.0 Å². The number of aromatic nitrogens is 1. The average Bonchev–Trinajstić information content (AvgIpc) is 3.16. The molecule has 1 aromatic heterocycles. The highest BCUT2D eigenvalue weighted by Crippen LogP contribution is 2.40. The number of rotatable bonds is 4. The fraction of sp³-hybridized carbons (Fsp3) is 0.250. The van der Waals surface area contributed by atoms with E-state index in [2.05, 4.69) is 23.1 Å². The van der Waals surface area contributed by atoms with E-state index < -0.39 is 5.91 Å². The summed E-state index contributed by atoms with van der Waals surface area (Å²) in [6, 6.07) is 16.2. The van der Waals surface area contributed by atoms with Crippen molar-refractivity contribution in [3.8, 4) is 22.5 Å². The Balaban J connectivity index is 1.60. The van der Waals surface area contributed by atoms with Gasteiger partial charge in [-0.1, -0.05) is 24.3 Å². The molecule has 2 aromatic carbocycles. The van der Waals surface area contributed by atoms with Crippen LogP contribution < -0.4 is 16.4 Å². The number of pyridine rings is 1. The Morgan fingerprint density at radius 1 is 1.10 bits per heavy atom. The van der Waals surface area contributed by atoms with Crippen molar-refractivity contribution in [3.63, 3.8) is 0 Å². The SMILES string of the molecule is NCc1cccc(-c2cc(C(N)=O)c3c(n2)-c2ccc(N4CCOCC4)cc2C3)c1. The highest BCUT2D eigenvalue weighted by molar-refractivity contribution is 5.98. The highest BCUT2D eigenvalue weighted by atomic mass is 16.5. The normalized spacial score (nSPS) is 15.0. The molecule has 1 saturated heterocycles. The second-order valence-corrected chi connectivity index (χ2v) is 7.77. The molecule has 0 saturated carbocycles. The number of primary amides is 1. The lowest BCUT2D eigenvalue weighted by atomic mass is 10.0. The topological polar surface area (TPSA) is 94.5 Å². The van der Waals surface area contributed by atoms with Crippen LogP contribution in [0.5, 0.6) is 0 Å². The zero-order chi connectivity index (χ0) is 20.7. The number of nitrogens with zero attached hydrogens (tertiary/aromatic N) is 2. The number of nitrogens with two attached hydrogens (primary N) is 2. The van der Waals surface area contributed by atoms with Crippen LogP contribution in [0.2, 0.25) is 0 Å². The molecule has 0 bridgehead atoms. The number of ether oxygens (including phenoxy) is 1. The number of carbonyl (C=O) groups excluding carboxylic acids is 1. The summed E-state index contributed by atoms with van der Waals surface area (Å²) < 4.78 is 5.47. The van der Waals surface area contributed by atoms with Crippen LogP contribution in [0.15, 0.2) is 48.5 Å². The number of hydrogen-bond acceptors (Lipinski definition) is 5. The fourth-order valence-electron chi connectivity index (χ4n) is 4.36. The zero-order valence-electron chi connectivity index (χ0n) is 16.7. The van der Waals surface area contributed by atoms with Gasteiger partial charge in [-0.05, 0) is 41.0 Å². The molecule has 152 valence electrons. The van der Waals surface area contributed by atoms with E-state index in [1.165, 1.54) is 11.3 Å². The monoisotopic (exact) mass is 400 g/mol. The van der Waals surface area contributed by atoms with Gasteiger partial charge in [0.15, 0.2) is 0 Å². The number of fused-ring (bicyclic) bond motifs is 3. The van der Waals surface area contributed by atoms with Crippen molar-refractivity contribution in [2.75, 3.05) is 31.2 Å². The quantitative estimate of drug-likeness (QED) is 0.549. The van der Waals surface area contributed by atoms with Crippen molar-refractivity contribution in [1.29, 1.82) is 0 Å². The van der Waals surface area contributed by atoms with Crippen molar-refractivity contribution in [1.82, 2.24) is 4.98 Å². The molecule has 1 fully saturated rings. The maximum absolute atomic E-state index is 12.3. The molecule has 6 nitrogen and oxygen atoms in total. The maximum atomic E-state index is 12.3. The molecule has 1 aliphatic carbocycles. The number of anilines is 1. The lowest BCUT2D eigenvalue weighted by molar-refractivity contribution is 0.0999. The largest absolute Gasteiger partial charge is 0.378 e. The molecular weight excluding hydrogens is 376 g/mol. The Hall–Kier alpha value is -3.22.